The molecule has 0 aliphatic carbocycles. The first kappa shape index (κ1) is 17.0. The summed E-state index contributed by atoms with van der Waals surface area (Å²) in [5.74, 6) is -1.18. The van der Waals surface area contributed by atoms with Crippen LogP contribution in [0.3, 0.4) is 0 Å². The van der Waals surface area contributed by atoms with Gasteiger partial charge in [-0.15, -0.1) is 11.3 Å². The highest BCUT2D eigenvalue weighted by Crippen LogP contribution is 2.22. The summed E-state index contributed by atoms with van der Waals surface area (Å²) in [5.41, 5.74) is 0.0236. The number of carbonyl (C=O) groups is 3. The number of aromatic carboxylic acids is 1. The molecule has 0 aliphatic rings. The molecule has 0 aliphatic heterocycles. The minimum atomic E-state index is -1.11. The van der Waals surface area contributed by atoms with E-state index in [1.807, 2.05) is 13.8 Å². The van der Waals surface area contributed by atoms with Gasteiger partial charge in [0.1, 0.15) is 11.0 Å². The van der Waals surface area contributed by atoms with Crippen LogP contribution in [0.4, 0.5) is 9.80 Å². The molecule has 7 nitrogen and oxygen atoms in total. The maximum absolute atomic E-state index is 11.9. The molecule has 3 amide bonds. The van der Waals surface area contributed by atoms with Crippen molar-refractivity contribution in [2.75, 3.05) is 12.4 Å². The molecule has 1 aromatic rings. The standard InChI is InChI=1S/C13H19N3O4S/c1-7(2)6-9(10(17)14-3)15-13(20)16-11-8(12(18)19)4-5-21-11/h4-5,7,9H,6H2,1-3H3,(H,14,17)(H,18,19)(H2,15,16,20). The molecular formula is C13H19N3O4S. The second-order valence-electron chi connectivity index (χ2n) is 4.86. The van der Waals surface area contributed by atoms with Crippen LogP contribution in [0, 0.1) is 5.92 Å². The fraction of sp³-hybridized carbons (Fsp3) is 0.462. The summed E-state index contributed by atoms with van der Waals surface area (Å²) in [5, 5.41) is 18.3. The molecule has 0 spiro atoms. The summed E-state index contributed by atoms with van der Waals surface area (Å²) in [6.07, 6.45) is 0.489. The Hall–Kier alpha value is -2.09. The van der Waals surface area contributed by atoms with Gasteiger partial charge in [-0.05, 0) is 23.8 Å². The smallest absolute Gasteiger partial charge is 0.338 e. The average molecular weight is 313 g/mol. The molecule has 0 bridgehead atoms. The monoisotopic (exact) mass is 313 g/mol. The van der Waals surface area contributed by atoms with Crippen LogP contribution in [0.1, 0.15) is 30.6 Å². The highest BCUT2D eigenvalue weighted by Gasteiger charge is 2.22. The number of anilines is 1. The Balaban J connectivity index is 2.71. The number of hydrogen-bond donors (Lipinski definition) is 4. The van der Waals surface area contributed by atoms with Gasteiger partial charge in [0.2, 0.25) is 5.91 Å². The van der Waals surface area contributed by atoms with Crippen molar-refractivity contribution in [3.63, 3.8) is 0 Å². The van der Waals surface area contributed by atoms with E-state index in [0.29, 0.717) is 6.42 Å². The Bertz CT molecular complexity index is 527. The summed E-state index contributed by atoms with van der Waals surface area (Å²) < 4.78 is 0. The highest BCUT2D eigenvalue weighted by atomic mass is 32.1. The van der Waals surface area contributed by atoms with Gasteiger partial charge >= 0.3 is 12.0 Å². The maximum Gasteiger partial charge on any atom is 0.338 e. The summed E-state index contributed by atoms with van der Waals surface area (Å²) >= 11 is 1.11. The van der Waals surface area contributed by atoms with E-state index >= 15 is 0 Å². The van der Waals surface area contributed by atoms with Gasteiger partial charge in [0, 0.05) is 7.05 Å². The van der Waals surface area contributed by atoms with E-state index in [0.717, 1.165) is 11.3 Å². The van der Waals surface area contributed by atoms with Gasteiger partial charge in [-0.3, -0.25) is 10.1 Å². The predicted octanol–water partition coefficient (Wildman–Crippen LogP) is 1.73. The van der Waals surface area contributed by atoms with Gasteiger partial charge in [-0.25, -0.2) is 9.59 Å². The van der Waals surface area contributed by atoms with E-state index < -0.39 is 18.0 Å². The summed E-state index contributed by atoms with van der Waals surface area (Å²) in [4.78, 5) is 34.6. The molecule has 1 atom stereocenters. The third kappa shape index (κ3) is 5.07. The zero-order valence-corrected chi connectivity index (χ0v) is 12.9. The molecule has 0 saturated carbocycles. The fourth-order valence-electron chi connectivity index (χ4n) is 1.75. The first-order chi connectivity index (χ1) is 9.85. The molecule has 21 heavy (non-hydrogen) atoms. The van der Waals surface area contributed by atoms with Crippen LogP contribution in [0.15, 0.2) is 11.4 Å². The molecule has 8 heteroatoms. The largest absolute Gasteiger partial charge is 0.478 e. The van der Waals surface area contributed by atoms with Crippen LogP contribution in [-0.4, -0.2) is 36.1 Å². The van der Waals surface area contributed by atoms with Gasteiger partial charge in [-0.2, -0.15) is 0 Å². The fourth-order valence-corrected chi connectivity index (χ4v) is 2.52. The lowest BCUT2D eigenvalue weighted by molar-refractivity contribution is -0.122. The van der Waals surface area contributed by atoms with Gasteiger partial charge in [0.25, 0.3) is 0 Å². The molecule has 4 N–H and O–H groups in total. The van der Waals surface area contributed by atoms with Gasteiger partial charge in [0.15, 0.2) is 0 Å². The molecular weight excluding hydrogens is 294 g/mol. The van der Waals surface area contributed by atoms with Crippen molar-refractivity contribution in [3.8, 4) is 0 Å². The first-order valence-electron chi connectivity index (χ1n) is 6.45. The highest BCUT2D eigenvalue weighted by molar-refractivity contribution is 7.14. The van der Waals surface area contributed by atoms with Crippen LogP contribution in [0.5, 0.6) is 0 Å². The Morgan fingerprint density at radius 1 is 1.33 bits per heavy atom. The molecule has 1 unspecified atom stereocenters. The summed E-state index contributed by atoms with van der Waals surface area (Å²) in [7, 11) is 1.50. The minimum Gasteiger partial charge on any atom is -0.478 e. The lowest BCUT2D eigenvalue weighted by Gasteiger charge is -2.19. The van der Waals surface area contributed by atoms with Crippen molar-refractivity contribution >= 4 is 34.2 Å². The Kier molecular flexibility index (Phi) is 6.16. The van der Waals surface area contributed by atoms with Crippen molar-refractivity contribution in [2.45, 2.75) is 26.3 Å². The van der Waals surface area contributed by atoms with Crippen LogP contribution in [0.25, 0.3) is 0 Å². The van der Waals surface area contributed by atoms with Crippen molar-refractivity contribution in [3.05, 3.63) is 17.0 Å². The lowest BCUT2D eigenvalue weighted by atomic mass is 10.0. The quantitative estimate of drug-likeness (QED) is 0.641. The number of carboxylic acids is 1. The number of thiophene rings is 1. The van der Waals surface area contributed by atoms with Crippen LogP contribution < -0.4 is 16.0 Å². The zero-order chi connectivity index (χ0) is 16.0. The second kappa shape index (κ2) is 7.63. The Labute approximate surface area is 126 Å². The third-order valence-electron chi connectivity index (χ3n) is 2.70. The van der Waals surface area contributed by atoms with Gasteiger partial charge in [0.05, 0.1) is 5.56 Å². The number of rotatable bonds is 6. The number of hydrogen-bond acceptors (Lipinski definition) is 4. The molecule has 0 radical (unpaired) electrons. The van der Waals surface area contributed by atoms with E-state index in [9.17, 15) is 14.4 Å². The van der Waals surface area contributed by atoms with Crippen LogP contribution in [0.2, 0.25) is 0 Å². The van der Waals surface area contributed by atoms with E-state index in [1.165, 1.54) is 13.1 Å². The Morgan fingerprint density at radius 2 is 2.00 bits per heavy atom. The van der Waals surface area contributed by atoms with Crippen LogP contribution >= 0.6 is 11.3 Å². The van der Waals surface area contributed by atoms with Gasteiger partial charge in [-0.1, -0.05) is 13.8 Å². The molecule has 1 rings (SSSR count). The third-order valence-corrected chi connectivity index (χ3v) is 3.53. The number of urea groups is 1. The van der Waals surface area contributed by atoms with Crippen LogP contribution in [-0.2, 0) is 4.79 Å². The molecule has 0 saturated heterocycles. The molecule has 116 valence electrons. The minimum absolute atomic E-state index is 0.0236. The normalized spacial score (nSPS) is 11.8. The topological polar surface area (TPSA) is 108 Å². The van der Waals surface area contributed by atoms with Crippen molar-refractivity contribution in [1.82, 2.24) is 10.6 Å². The van der Waals surface area contributed by atoms with Crippen molar-refractivity contribution < 1.29 is 19.5 Å². The Morgan fingerprint density at radius 3 is 2.52 bits per heavy atom. The number of carbonyl (C=O) groups excluding carboxylic acids is 2. The SMILES string of the molecule is CNC(=O)C(CC(C)C)NC(=O)Nc1sccc1C(=O)O. The zero-order valence-electron chi connectivity index (χ0n) is 12.1. The summed E-state index contributed by atoms with van der Waals surface area (Å²) in [6.45, 7) is 3.88. The molecule has 0 fully saturated rings. The van der Waals surface area contributed by atoms with E-state index in [4.69, 9.17) is 5.11 Å². The van der Waals surface area contributed by atoms with E-state index in [2.05, 4.69) is 16.0 Å². The van der Waals surface area contributed by atoms with E-state index in [-0.39, 0.29) is 22.4 Å². The molecule has 0 aromatic carbocycles. The number of likely N-dealkylation sites (N-methyl/N-ethyl adjacent to an activating group) is 1. The number of nitrogens with one attached hydrogen (secondary N) is 3. The number of carboxylic acid groups (broad SMARTS) is 1. The molecule has 1 aromatic heterocycles. The van der Waals surface area contributed by atoms with Gasteiger partial charge < -0.3 is 15.7 Å². The van der Waals surface area contributed by atoms with Crippen molar-refractivity contribution in [2.24, 2.45) is 5.92 Å². The average Bonchev–Trinajstić information content (AvgIpc) is 2.84. The van der Waals surface area contributed by atoms with Crippen molar-refractivity contribution in [1.29, 1.82) is 0 Å². The predicted molar refractivity (Wildman–Crippen MR) is 80.7 cm³/mol. The lowest BCUT2D eigenvalue weighted by Crippen LogP contribution is -2.47. The summed E-state index contributed by atoms with van der Waals surface area (Å²) in [6, 6.07) is 0.143. The van der Waals surface area contributed by atoms with E-state index in [1.54, 1.807) is 5.38 Å². The maximum atomic E-state index is 11.9. The first-order valence-corrected chi connectivity index (χ1v) is 7.33. The number of amides is 3. The second-order valence-corrected chi connectivity index (χ2v) is 5.78. The molecule has 1 heterocycles.